The molecule has 3 aromatic heterocycles. The summed E-state index contributed by atoms with van der Waals surface area (Å²) in [6.07, 6.45) is 4.57. The first kappa shape index (κ1) is 16.8. The fraction of sp³-hybridized carbons (Fsp3) is 0. The number of nitrogen functional groups attached to an aromatic ring is 1. The third-order valence-electron chi connectivity index (χ3n) is 4.36. The highest BCUT2D eigenvalue weighted by atomic mass is 16.5. The maximum atomic E-state index is 6.14. The third kappa shape index (κ3) is 3.12. The molecule has 8 heteroatoms. The summed E-state index contributed by atoms with van der Waals surface area (Å²) in [6.45, 7) is 0. The Labute approximate surface area is 165 Å². The molecule has 2 aromatic carbocycles. The van der Waals surface area contributed by atoms with E-state index in [-0.39, 0.29) is 0 Å². The fourth-order valence-corrected chi connectivity index (χ4v) is 3.02. The van der Waals surface area contributed by atoms with E-state index in [4.69, 9.17) is 14.9 Å². The van der Waals surface area contributed by atoms with Crippen LogP contribution in [0.1, 0.15) is 0 Å². The van der Waals surface area contributed by atoms with Gasteiger partial charge in [0, 0.05) is 6.07 Å². The van der Waals surface area contributed by atoms with E-state index < -0.39 is 0 Å². The highest BCUT2D eigenvalue weighted by Gasteiger charge is 2.18. The average molecular weight is 384 g/mol. The quantitative estimate of drug-likeness (QED) is 0.459. The van der Waals surface area contributed by atoms with E-state index in [1.54, 1.807) is 23.3 Å². The van der Waals surface area contributed by atoms with Gasteiger partial charge in [-0.05, 0) is 24.3 Å². The van der Waals surface area contributed by atoms with Gasteiger partial charge in [0.05, 0.1) is 12.0 Å². The van der Waals surface area contributed by atoms with Crippen molar-refractivity contribution >= 4 is 28.4 Å². The van der Waals surface area contributed by atoms with E-state index in [1.165, 1.54) is 6.33 Å². The molecule has 0 amide bonds. The standard InChI is InChI=1S/C21H16N6O2/c22-19-18-20(26-27(14-10-11-28-12-14)21(18)24-13-23-19)25-16-8-4-5-9-17(16)29-15-6-2-1-3-7-15/h1-13H,(H,25,26)(H2,22,23,24). The number of benzene rings is 2. The van der Waals surface area contributed by atoms with E-state index in [9.17, 15) is 0 Å². The number of hydrogen-bond donors (Lipinski definition) is 2. The van der Waals surface area contributed by atoms with Crippen molar-refractivity contribution in [2.75, 3.05) is 11.1 Å². The number of ether oxygens (including phenoxy) is 1. The molecule has 5 aromatic rings. The van der Waals surface area contributed by atoms with Gasteiger partial charge < -0.3 is 20.2 Å². The number of hydrogen-bond acceptors (Lipinski definition) is 7. The summed E-state index contributed by atoms with van der Waals surface area (Å²) < 4.78 is 12.9. The summed E-state index contributed by atoms with van der Waals surface area (Å²) >= 11 is 0. The lowest BCUT2D eigenvalue weighted by Crippen LogP contribution is -1.98. The zero-order valence-corrected chi connectivity index (χ0v) is 15.2. The Bertz CT molecular complexity index is 1270. The van der Waals surface area contributed by atoms with Crippen molar-refractivity contribution in [2.45, 2.75) is 0 Å². The lowest BCUT2D eigenvalue weighted by molar-refractivity contribution is 0.485. The predicted molar refractivity (Wildman–Crippen MR) is 110 cm³/mol. The Morgan fingerprint density at radius 3 is 2.62 bits per heavy atom. The van der Waals surface area contributed by atoms with Crippen molar-refractivity contribution in [3.63, 3.8) is 0 Å². The molecule has 8 nitrogen and oxygen atoms in total. The first-order valence-electron chi connectivity index (χ1n) is 8.90. The molecule has 0 saturated heterocycles. The number of nitrogens with zero attached hydrogens (tertiary/aromatic N) is 4. The van der Waals surface area contributed by atoms with Crippen LogP contribution in [0.15, 0.2) is 83.9 Å². The SMILES string of the molecule is Nc1ncnc2c1c(Nc1ccccc1Oc1ccccc1)nn2-c1ccoc1. The van der Waals surface area contributed by atoms with Crippen LogP contribution in [0.4, 0.5) is 17.3 Å². The lowest BCUT2D eigenvalue weighted by Gasteiger charge is -2.12. The van der Waals surface area contributed by atoms with Gasteiger partial charge in [0.25, 0.3) is 0 Å². The largest absolute Gasteiger partial charge is 0.470 e. The van der Waals surface area contributed by atoms with Crippen molar-refractivity contribution in [1.29, 1.82) is 0 Å². The van der Waals surface area contributed by atoms with Gasteiger partial charge in [0.15, 0.2) is 17.2 Å². The van der Waals surface area contributed by atoms with Gasteiger partial charge >= 0.3 is 0 Å². The van der Waals surface area contributed by atoms with Crippen molar-refractivity contribution in [2.24, 2.45) is 0 Å². The summed E-state index contributed by atoms with van der Waals surface area (Å²) in [5, 5.41) is 8.57. The average Bonchev–Trinajstić information content (AvgIpc) is 3.39. The molecule has 0 atom stereocenters. The van der Waals surface area contributed by atoms with Crippen LogP contribution in [0.25, 0.3) is 16.7 Å². The Morgan fingerprint density at radius 2 is 1.79 bits per heavy atom. The molecule has 0 aliphatic carbocycles. The number of nitrogens with one attached hydrogen (secondary N) is 1. The minimum Gasteiger partial charge on any atom is -0.470 e. The molecular formula is C21H16N6O2. The second-order valence-corrected chi connectivity index (χ2v) is 6.24. The zero-order chi connectivity index (χ0) is 19.6. The number of fused-ring (bicyclic) bond motifs is 1. The van der Waals surface area contributed by atoms with Gasteiger partial charge in [-0.3, -0.25) is 0 Å². The first-order chi connectivity index (χ1) is 14.3. The van der Waals surface area contributed by atoms with Gasteiger partial charge in [0.1, 0.15) is 35.2 Å². The predicted octanol–water partition coefficient (Wildman–Crippen LogP) is 4.53. The number of rotatable bonds is 5. The molecule has 5 rings (SSSR count). The number of nitrogens with two attached hydrogens (primary N) is 1. The summed E-state index contributed by atoms with van der Waals surface area (Å²) in [7, 11) is 0. The van der Waals surface area contributed by atoms with E-state index in [0.717, 1.165) is 17.1 Å². The van der Waals surface area contributed by atoms with Gasteiger partial charge in [-0.25, -0.2) is 14.6 Å². The van der Waals surface area contributed by atoms with Gasteiger partial charge in [0.2, 0.25) is 0 Å². The molecule has 0 fully saturated rings. The van der Waals surface area contributed by atoms with Crippen molar-refractivity contribution < 1.29 is 9.15 Å². The highest BCUT2D eigenvalue weighted by molar-refractivity contribution is 5.98. The van der Waals surface area contributed by atoms with Crippen LogP contribution in [-0.4, -0.2) is 19.7 Å². The zero-order valence-electron chi connectivity index (χ0n) is 15.2. The Hall–Kier alpha value is -4.33. The minimum absolute atomic E-state index is 0.328. The fourth-order valence-electron chi connectivity index (χ4n) is 3.02. The molecular weight excluding hydrogens is 368 g/mol. The van der Waals surface area contributed by atoms with Gasteiger partial charge in [-0.1, -0.05) is 30.3 Å². The minimum atomic E-state index is 0.328. The molecule has 3 N–H and O–H groups in total. The van der Waals surface area contributed by atoms with Crippen LogP contribution >= 0.6 is 0 Å². The second kappa shape index (κ2) is 7.01. The summed E-state index contributed by atoms with van der Waals surface area (Å²) in [5.41, 5.74) is 8.18. The van der Waals surface area contributed by atoms with Crippen molar-refractivity contribution in [3.05, 3.63) is 79.5 Å². The van der Waals surface area contributed by atoms with E-state index >= 15 is 0 Å². The van der Waals surface area contributed by atoms with Crippen LogP contribution in [0.5, 0.6) is 11.5 Å². The van der Waals surface area contributed by atoms with Crippen LogP contribution in [0, 0.1) is 0 Å². The molecule has 0 aliphatic heterocycles. The van der Waals surface area contributed by atoms with Crippen LogP contribution in [0.2, 0.25) is 0 Å². The summed E-state index contributed by atoms with van der Waals surface area (Å²) in [4.78, 5) is 8.46. The molecule has 0 bridgehead atoms. The topological polar surface area (TPSA) is 104 Å². The summed E-state index contributed by atoms with van der Waals surface area (Å²) in [5.74, 6) is 2.23. The molecule has 0 unspecified atom stereocenters. The molecule has 29 heavy (non-hydrogen) atoms. The summed E-state index contributed by atoms with van der Waals surface area (Å²) in [6, 6.07) is 19.0. The second-order valence-electron chi connectivity index (χ2n) is 6.24. The number of furan rings is 1. The monoisotopic (exact) mass is 384 g/mol. The maximum absolute atomic E-state index is 6.14. The van der Waals surface area contributed by atoms with Crippen LogP contribution in [-0.2, 0) is 0 Å². The molecule has 0 aliphatic rings. The number of para-hydroxylation sites is 3. The molecule has 142 valence electrons. The van der Waals surface area contributed by atoms with E-state index in [2.05, 4.69) is 20.4 Å². The maximum Gasteiger partial charge on any atom is 0.170 e. The Balaban J connectivity index is 1.58. The number of anilines is 3. The van der Waals surface area contributed by atoms with Crippen LogP contribution < -0.4 is 15.8 Å². The smallest absolute Gasteiger partial charge is 0.170 e. The highest BCUT2D eigenvalue weighted by Crippen LogP contribution is 2.35. The van der Waals surface area contributed by atoms with E-state index in [0.29, 0.717) is 28.4 Å². The van der Waals surface area contributed by atoms with Crippen LogP contribution in [0.3, 0.4) is 0 Å². The Kier molecular flexibility index (Phi) is 4.06. The molecule has 0 saturated carbocycles. The molecule has 0 spiro atoms. The molecule has 0 radical (unpaired) electrons. The van der Waals surface area contributed by atoms with Crippen molar-refractivity contribution in [1.82, 2.24) is 19.7 Å². The van der Waals surface area contributed by atoms with Crippen molar-refractivity contribution in [3.8, 4) is 17.2 Å². The first-order valence-corrected chi connectivity index (χ1v) is 8.90. The van der Waals surface area contributed by atoms with E-state index in [1.807, 2.05) is 54.6 Å². The lowest BCUT2D eigenvalue weighted by atomic mass is 10.2. The third-order valence-corrected chi connectivity index (χ3v) is 4.36. The number of aromatic nitrogens is 4. The van der Waals surface area contributed by atoms with Gasteiger partial charge in [-0.2, -0.15) is 0 Å². The molecule has 3 heterocycles. The normalized spacial score (nSPS) is 10.9. The Morgan fingerprint density at radius 1 is 0.966 bits per heavy atom. The van der Waals surface area contributed by atoms with Gasteiger partial charge in [-0.15, -0.1) is 5.10 Å².